The molecular weight excluding hydrogens is 417 g/mol. The lowest BCUT2D eigenvalue weighted by Crippen LogP contribution is -2.52. The van der Waals surface area contributed by atoms with E-state index in [4.69, 9.17) is 14.2 Å². The number of ether oxygens (including phenoxy) is 3. The molecule has 2 aliphatic rings. The minimum atomic E-state index is -0.551. The average molecular weight is 454 g/mol. The van der Waals surface area contributed by atoms with Crippen LogP contribution >= 0.6 is 0 Å². The van der Waals surface area contributed by atoms with Crippen molar-refractivity contribution in [3.05, 3.63) is 17.8 Å². The van der Waals surface area contributed by atoms with Gasteiger partial charge in [0.2, 0.25) is 5.88 Å². The van der Waals surface area contributed by atoms with Crippen molar-refractivity contribution >= 4 is 11.6 Å². The molecule has 1 unspecified atom stereocenters. The lowest BCUT2D eigenvalue weighted by atomic mass is 10.0. The highest BCUT2D eigenvalue weighted by Gasteiger charge is 2.37. The Hall–Kier alpha value is -1.97. The van der Waals surface area contributed by atoms with Crippen molar-refractivity contribution in [1.82, 2.24) is 10.3 Å². The van der Waals surface area contributed by atoms with E-state index in [1.165, 1.54) is 0 Å². The number of anilines is 1. The Kier molecular flexibility index (Phi) is 9.07. The lowest BCUT2D eigenvalue weighted by Gasteiger charge is -2.40. The predicted molar refractivity (Wildman–Crippen MR) is 119 cm³/mol. The van der Waals surface area contributed by atoms with E-state index in [1.54, 1.807) is 13.2 Å². The Morgan fingerprint density at radius 3 is 2.75 bits per heavy atom. The van der Waals surface area contributed by atoms with Crippen LogP contribution in [-0.2, 0) is 9.47 Å². The molecule has 3 atom stereocenters. The highest BCUT2D eigenvalue weighted by Crippen LogP contribution is 2.39. The van der Waals surface area contributed by atoms with E-state index in [-0.39, 0.29) is 49.5 Å². The molecule has 1 aliphatic carbocycles. The van der Waals surface area contributed by atoms with Crippen LogP contribution in [0.15, 0.2) is 12.1 Å². The number of aliphatic hydroxyl groups excluding tert-OH is 1. The zero-order valence-electron chi connectivity index (χ0n) is 19.3. The lowest BCUT2D eigenvalue weighted by molar-refractivity contribution is 0.0766. The van der Waals surface area contributed by atoms with Crippen molar-refractivity contribution in [3.8, 4) is 5.88 Å². The Bertz CT molecular complexity index is 744. The normalized spacial score (nSPS) is 21.4. The molecule has 1 aromatic heterocycles. The first-order valence-corrected chi connectivity index (χ1v) is 11.4. The minimum Gasteiger partial charge on any atom is -0.476 e. The molecule has 0 bridgehead atoms. The number of amides is 1. The number of hydrogen-bond donors (Lipinski definition) is 2. The third-order valence-corrected chi connectivity index (χ3v) is 5.96. The summed E-state index contributed by atoms with van der Waals surface area (Å²) in [5.74, 6) is 1.06. The van der Waals surface area contributed by atoms with Gasteiger partial charge >= 0.3 is 0 Å². The van der Waals surface area contributed by atoms with Crippen LogP contribution in [0.1, 0.15) is 37.2 Å². The SMILES string of the molecule is COC1CN(c2ccc(C(=O)NC(COCCF)CC(C)C)nc2OC[C@@H]2C[C@@H]2CO)C1. The summed E-state index contributed by atoms with van der Waals surface area (Å²) < 4.78 is 29.1. The van der Waals surface area contributed by atoms with Gasteiger partial charge in [0, 0.05) is 26.8 Å². The highest BCUT2D eigenvalue weighted by molar-refractivity contribution is 5.93. The fraction of sp³-hybridized carbons (Fsp3) is 0.739. The Morgan fingerprint density at radius 1 is 1.34 bits per heavy atom. The minimum absolute atomic E-state index is 0.0176. The van der Waals surface area contributed by atoms with Crippen LogP contribution in [0, 0.1) is 17.8 Å². The summed E-state index contributed by atoms with van der Waals surface area (Å²) in [7, 11) is 1.69. The van der Waals surface area contributed by atoms with E-state index >= 15 is 0 Å². The molecule has 2 N–H and O–H groups in total. The molecule has 0 spiro atoms. The van der Waals surface area contributed by atoms with Gasteiger partial charge in [0.25, 0.3) is 5.91 Å². The monoisotopic (exact) mass is 453 g/mol. The predicted octanol–water partition coefficient (Wildman–Crippen LogP) is 2.05. The van der Waals surface area contributed by atoms with E-state index in [2.05, 4.69) is 29.0 Å². The van der Waals surface area contributed by atoms with E-state index in [9.17, 15) is 14.3 Å². The molecule has 2 heterocycles. The first-order chi connectivity index (χ1) is 15.4. The maximum absolute atomic E-state index is 12.9. The van der Waals surface area contributed by atoms with Gasteiger partial charge < -0.3 is 29.5 Å². The van der Waals surface area contributed by atoms with Crippen molar-refractivity contribution in [2.45, 2.75) is 38.8 Å². The number of halogens is 1. The standard InChI is InChI=1S/C23H36FN3O5/c1-15(2)8-18(14-31-7-6-24)25-22(29)20-4-5-21(27-10-19(11-27)30-3)23(26-20)32-13-17-9-16(17)12-28/h4-5,15-19,28H,6-14H2,1-3H3,(H,25,29)/t16-,17+,18?/m1/s1. The van der Waals surface area contributed by atoms with E-state index in [0.29, 0.717) is 24.3 Å². The van der Waals surface area contributed by atoms with Crippen LogP contribution in [-0.4, -0.2) is 81.4 Å². The van der Waals surface area contributed by atoms with Crippen LogP contribution in [0.5, 0.6) is 5.88 Å². The highest BCUT2D eigenvalue weighted by atomic mass is 19.1. The topological polar surface area (TPSA) is 93.2 Å². The first-order valence-electron chi connectivity index (χ1n) is 11.4. The maximum Gasteiger partial charge on any atom is 0.270 e. The zero-order chi connectivity index (χ0) is 23.1. The molecule has 1 saturated carbocycles. The summed E-state index contributed by atoms with van der Waals surface area (Å²) in [6.07, 6.45) is 1.83. The molecule has 1 aromatic rings. The Balaban J connectivity index is 1.68. The van der Waals surface area contributed by atoms with E-state index in [0.717, 1.165) is 31.6 Å². The van der Waals surface area contributed by atoms with Crippen LogP contribution in [0.25, 0.3) is 0 Å². The number of pyridine rings is 1. The summed E-state index contributed by atoms with van der Waals surface area (Å²) in [6.45, 7) is 5.96. The number of nitrogens with one attached hydrogen (secondary N) is 1. The number of alkyl halides is 1. The average Bonchev–Trinajstić information content (AvgIpc) is 3.50. The number of nitrogens with zero attached hydrogens (tertiary/aromatic N) is 2. The molecule has 180 valence electrons. The van der Waals surface area contributed by atoms with Gasteiger partial charge in [-0.25, -0.2) is 9.37 Å². The van der Waals surface area contributed by atoms with Gasteiger partial charge in [0.15, 0.2) is 0 Å². The van der Waals surface area contributed by atoms with Crippen molar-refractivity contribution in [2.24, 2.45) is 17.8 Å². The van der Waals surface area contributed by atoms with Gasteiger partial charge in [-0.05, 0) is 42.7 Å². The van der Waals surface area contributed by atoms with Gasteiger partial charge in [-0.15, -0.1) is 0 Å². The van der Waals surface area contributed by atoms with Gasteiger partial charge in [-0.1, -0.05) is 13.8 Å². The second kappa shape index (κ2) is 11.8. The van der Waals surface area contributed by atoms with Gasteiger partial charge in [-0.3, -0.25) is 4.79 Å². The summed E-state index contributed by atoms with van der Waals surface area (Å²) in [4.78, 5) is 19.5. The molecule has 3 rings (SSSR count). The number of rotatable bonds is 14. The maximum atomic E-state index is 12.9. The smallest absolute Gasteiger partial charge is 0.270 e. The molecule has 1 amide bonds. The largest absolute Gasteiger partial charge is 0.476 e. The number of carbonyl (C=O) groups excluding carboxylic acids is 1. The fourth-order valence-corrected chi connectivity index (χ4v) is 3.89. The Morgan fingerprint density at radius 2 is 2.12 bits per heavy atom. The number of methoxy groups -OCH3 is 1. The molecular formula is C23H36FN3O5. The molecule has 32 heavy (non-hydrogen) atoms. The van der Waals surface area contributed by atoms with Crippen LogP contribution < -0.4 is 15.0 Å². The van der Waals surface area contributed by atoms with E-state index < -0.39 is 6.67 Å². The Labute approximate surface area is 189 Å². The summed E-state index contributed by atoms with van der Waals surface area (Å²) in [6, 6.07) is 3.33. The molecule has 0 radical (unpaired) electrons. The summed E-state index contributed by atoms with van der Waals surface area (Å²) in [5.41, 5.74) is 1.10. The number of carbonyl (C=O) groups is 1. The first kappa shape index (κ1) is 24.7. The molecule has 1 saturated heterocycles. The fourth-order valence-electron chi connectivity index (χ4n) is 3.89. The molecule has 9 heteroatoms. The van der Waals surface area contributed by atoms with Crippen molar-refractivity contribution < 1.29 is 28.5 Å². The zero-order valence-corrected chi connectivity index (χ0v) is 19.3. The molecule has 1 aliphatic heterocycles. The molecule has 0 aromatic carbocycles. The quantitative estimate of drug-likeness (QED) is 0.417. The number of aliphatic hydroxyl groups is 1. The number of hydrogen-bond acceptors (Lipinski definition) is 7. The van der Waals surface area contributed by atoms with Gasteiger partial charge in [0.05, 0.1) is 32.0 Å². The van der Waals surface area contributed by atoms with Crippen molar-refractivity contribution in [2.75, 3.05) is 58.2 Å². The summed E-state index contributed by atoms with van der Waals surface area (Å²) >= 11 is 0. The van der Waals surface area contributed by atoms with E-state index in [1.807, 2.05) is 6.07 Å². The molecule has 2 fully saturated rings. The number of aromatic nitrogens is 1. The van der Waals surface area contributed by atoms with Crippen molar-refractivity contribution in [1.29, 1.82) is 0 Å². The second-order valence-electron chi connectivity index (χ2n) is 9.10. The van der Waals surface area contributed by atoms with Crippen LogP contribution in [0.2, 0.25) is 0 Å². The van der Waals surface area contributed by atoms with Gasteiger partial charge in [-0.2, -0.15) is 0 Å². The summed E-state index contributed by atoms with van der Waals surface area (Å²) in [5, 5.41) is 12.2. The van der Waals surface area contributed by atoms with Crippen LogP contribution in [0.4, 0.5) is 10.1 Å². The second-order valence-corrected chi connectivity index (χ2v) is 9.10. The van der Waals surface area contributed by atoms with Crippen LogP contribution in [0.3, 0.4) is 0 Å². The van der Waals surface area contributed by atoms with Gasteiger partial charge in [0.1, 0.15) is 18.1 Å². The third-order valence-electron chi connectivity index (χ3n) is 5.96. The van der Waals surface area contributed by atoms with Crippen molar-refractivity contribution in [3.63, 3.8) is 0 Å². The molecule has 8 nitrogen and oxygen atoms in total. The third kappa shape index (κ3) is 6.76.